The quantitative estimate of drug-likeness (QED) is 0.438. The molecule has 0 N–H and O–H groups in total. The molecule has 0 radical (unpaired) electrons. The summed E-state index contributed by atoms with van der Waals surface area (Å²) in [7, 11) is 0. The highest BCUT2D eigenvalue weighted by atomic mass is 16.1. The second-order valence-electron chi connectivity index (χ2n) is 10.1. The highest BCUT2D eigenvalue weighted by Crippen LogP contribution is 2.43. The van der Waals surface area contributed by atoms with Gasteiger partial charge in [-0.05, 0) is 74.3 Å². The molecule has 1 heteroatoms. The fourth-order valence-corrected chi connectivity index (χ4v) is 6.21. The van der Waals surface area contributed by atoms with E-state index >= 15 is 0 Å². The molecule has 30 heavy (non-hydrogen) atoms. The Balaban J connectivity index is 1.53. The number of hydrogen-bond acceptors (Lipinski definition) is 1. The summed E-state index contributed by atoms with van der Waals surface area (Å²) in [5, 5.41) is 0. The van der Waals surface area contributed by atoms with E-state index in [0.717, 1.165) is 12.8 Å². The van der Waals surface area contributed by atoms with Gasteiger partial charge in [0.15, 0.2) is 0 Å². The molecule has 2 saturated carbocycles. The van der Waals surface area contributed by atoms with Crippen LogP contribution in [0.3, 0.4) is 0 Å². The van der Waals surface area contributed by atoms with Crippen molar-refractivity contribution < 1.29 is 4.79 Å². The van der Waals surface area contributed by atoms with Crippen LogP contribution in [0.2, 0.25) is 0 Å². The molecule has 2 aliphatic carbocycles. The van der Waals surface area contributed by atoms with Gasteiger partial charge in [-0.1, -0.05) is 85.3 Å². The van der Waals surface area contributed by atoms with Gasteiger partial charge in [0.25, 0.3) is 0 Å². The van der Waals surface area contributed by atoms with E-state index in [1.807, 2.05) is 0 Å². The van der Waals surface area contributed by atoms with Crippen LogP contribution >= 0.6 is 0 Å². The maximum atomic E-state index is 13.5. The van der Waals surface area contributed by atoms with Crippen LogP contribution in [0.15, 0.2) is 48.5 Å². The molecule has 2 aliphatic rings. The van der Waals surface area contributed by atoms with Gasteiger partial charge in [-0.3, -0.25) is 4.79 Å². The van der Waals surface area contributed by atoms with E-state index in [2.05, 4.69) is 62.4 Å². The minimum absolute atomic E-state index is 0.404. The van der Waals surface area contributed by atoms with Crippen molar-refractivity contribution in [2.24, 2.45) is 11.8 Å². The first-order valence-corrected chi connectivity index (χ1v) is 12.2. The third-order valence-electron chi connectivity index (χ3n) is 7.77. The highest BCUT2D eigenvalue weighted by molar-refractivity contribution is 5.80. The normalized spacial score (nSPS) is 19.8. The second kappa shape index (κ2) is 9.94. The van der Waals surface area contributed by atoms with Gasteiger partial charge in [0.2, 0.25) is 0 Å². The molecule has 160 valence electrons. The Morgan fingerprint density at radius 1 is 0.733 bits per heavy atom. The van der Waals surface area contributed by atoms with E-state index in [0.29, 0.717) is 29.5 Å². The van der Waals surface area contributed by atoms with Crippen LogP contribution in [0.5, 0.6) is 0 Å². The van der Waals surface area contributed by atoms with Gasteiger partial charge < -0.3 is 0 Å². The Bertz CT molecular complexity index is 769. The lowest BCUT2D eigenvalue weighted by atomic mass is 9.77. The van der Waals surface area contributed by atoms with E-state index in [1.54, 1.807) is 0 Å². The van der Waals surface area contributed by atoms with Crippen molar-refractivity contribution in [2.75, 3.05) is 0 Å². The average Bonchev–Trinajstić information content (AvgIpc) is 3.44. The number of rotatable bonds is 8. The number of Topliss-reactive ketones (excluding diaryl/α,β-unsaturated/α-hetero) is 1. The van der Waals surface area contributed by atoms with Crippen molar-refractivity contribution in [3.8, 4) is 0 Å². The molecule has 2 atom stereocenters. The summed E-state index contributed by atoms with van der Waals surface area (Å²) in [4.78, 5) is 13.5. The summed E-state index contributed by atoms with van der Waals surface area (Å²) >= 11 is 0. The first kappa shape index (κ1) is 21.3. The van der Waals surface area contributed by atoms with Gasteiger partial charge >= 0.3 is 0 Å². The first-order chi connectivity index (χ1) is 14.6. The predicted octanol–water partition coefficient (Wildman–Crippen LogP) is 7.90. The van der Waals surface area contributed by atoms with Gasteiger partial charge in [-0.15, -0.1) is 0 Å². The van der Waals surface area contributed by atoms with Crippen LogP contribution in [0, 0.1) is 25.7 Å². The average molecular weight is 403 g/mol. The largest absolute Gasteiger partial charge is 0.300 e. The molecule has 4 rings (SSSR count). The van der Waals surface area contributed by atoms with Crippen LogP contribution in [-0.4, -0.2) is 5.78 Å². The zero-order valence-corrected chi connectivity index (χ0v) is 18.9. The third kappa shape index (κ3) is 5.23. The predicted molar refractivity (Wildman–Crippen MR) is 126 cm³/mol. The Labute approximate surface area is 183 Å². The summed E-state index contributed by atoms with van der Waals surface area (Å²) < 4.78 is 0. The van der Waals surface area contributed by atoms with Gasteiger partial charge in [0, 0.05) is 12.8 Å². The monoisotopic (exact) mass is 402 g/mol. The molecule has 2 fully saturated rings. The summed E-state index contributed by atoms with van der Waals surface area (Å²) in [6.07, 6.45) is 11.9. The molecule has 0 amide bonds. The minimum Gasteiger partial charge on any atom is -0.300 e. The molecule has 2 aromatic carbocycles. The van der Waals surface area contributed by atoms with Crippen LogP contribution in [0.1, 0.15) is 98.3 Å². The molecule has 0 bridgehead atoms. The van der Waals surface area contributed by atoms with Crippen LogP contribution in [0.4, 0.5) is 0 Å². The molecule has 0 unspecified atom stereocenters. The molecule has 1 nitrogen and oxygen atoms in total. The molecular formula is C29H38O. The molecule has 0 saturated heterocycles. The van der Waals surface area contributed by atoms with Crippen molar-refractivity contribution in [1.29, 1.82) is 0 Å². The standard InChI is InChI=1S/C29H38O/c1-21-9-7-15-25(17-21)28(23-11-3-4-12-23)19-27(30)20-29(24-13-5-6-14-24)26-16-8-10-22(2)18-26/h7-10,15-18,23-24,28-29H,3-6,11-14,19-20H2,1-2H3/t28-,29-/m0/s1. The maximum absolute atomic E-state index is 13.5. The van der Waals surface area contributed by atoms with E-state index < -0.39 is 0 Å². The third-order valence-corrected chi connectivity index (χ3v) is 7.77. The fraction of sp³-hybridized carbons (Fsp3) is 0.552. The highest BCUT2D eigenvalue weighted by Gasteiger charge is 2.32. The number of benzene rings is 2. The lowest BCUT2D eigenvalue weighted by Gasteiger charge is -2.27. The zero-order valence-electron chi connectivity index (χ0n) is 18.9. The van der Waals surface area contributed by atoms with E-state index in [9.17, 15) is 4.79 Å². The molecule has 0 aromatic heterocycles. The lowest BCUT2D eigenvalue weighted by Crippen LogP contribution is -2.19. The molecule has 2 aromatic rings. The Hall–Kier alpha value is -1.89. The molecule has 0 heterocycles. The summed E-state index contributed by atoms with van der Waals surface area (Å²) in [6, 6.07) is 17.9. The number of aryl methyl sites for hydroxylation is 2. The summed E-state index contributed by atoms with van der Waals surface area (Å²) in [5.74, 6) is 2.65. The maximum Gasteiger partial charge on any atom is 0.134 e. The second-order valence-corrected chi connectivity index (χ2v) is 10.1. The van der Waals surface area contributed by atoms with Crippen molar-refractivity contribution in [3.63, 3.8) is 0 Å². The van der Waals surface area contributed by atoms with Crippen LogP contribution in [-0.2, 0) is 4.79 Å². The van der Waals surface area contributed by atoms with Gasteiger partial charge in [0.1, 0.15) is 5.78 Å². The van der Waals surface area contributed by atoms with Crippen LogP contribution < -0.4 is 0 Å². The van der Waals surface area contributed by atoms with Crippen molar-refractivity contribution >= 4 is 5.78 Å². The lowest BCUT2D eigenvalue weighted by molar-refractivity contribution is -0.120. The fourth-order valence-electron chi connectivity index (χ4n) is 6.21. The Morgan fingerprint density at radius 2 is 1.13 bits per heavy atom. The summed E-state index contributed by atoms with van der Waals surface area (Å²) in [6.45, 7) is 4.34. The van der Waals surface area contributed by atoms with E-state index in [1.165, 1.54) is 73.6 Å². The summed E-state index contributed by atoms with van der Waals surface area (Å²) in [5.41, 5.74) is 5.41. The van der Waals surface area contributed by atoms with Crippen molar-refractivity contribution in [1.82, 2.24) is 0 Å². The smallest absolute Gasteiger partial charge is 0.134 e. The van der Waals surface area contributed by atoms with Crippen LogP contribution in [0.25, 0.3) is 0 Å². The van der Waals surface area contributed by atoms with Crippen molar-refractivity contribution in [3.05, 3.63) is 70.8 Å². The van der Waals surface area contributed by atoms with Gasteiger partial charge in [0.05, 0.1) is 0 Å². The van der Waals surface area contributed by atoms with Gasteiger partial charge in [-0.2, -0.15) is 0 Å². The molecular weight excluding hydrogens is 364 g/mol. The first-order valence-electron chi connectivity index (χ1n) is 12.2. The minimum atomic E-state index is 0.404. The number of ketones is 1. The Morgan fingerprint density at radius 3 is 1.50 bits per heavy atom. The SMILES string of the molecule is Cc1cccc([C@@H](CC(=O)C[C@H](c2cccc(C)c2)C2CCCC2)C2CCCC2)c1. The molecule has 0 aliphatic heterocycles. The number of carbonyl (C=O) groups is 1. The zero-order chi connectivity index (χ0) is 20.9. The topological polar surface area (TPSA) is 17.1 Å². The van der Waals surface area contributed by atoms with Gasteiger partial charge in [-0.25, -0.2) is 0 Å². The van der Waals surface area contributed by atoms with E-state index in [4.69, 9.17) is 0 Å². The number of carbonyl (C=O) groups excluding carboxylic acids is 1. The van der Waals surface area contributed by atoms with E-state index in [-0.39, 0.29) is 0 Å². The van der Waals surface area contributed by atoms with Crippen molar-refractivity contribution in [2.45, 2.75) is 89.9 Å². The number of hydrogen-bond donors (Lipinski definition) is 0. The molecule has 0 spiro atoms. The Kier molecular flexibility index (Phi) is 7.08.